The van der Waals surface area contributed by atoms with Gasteiger partial charge in [-0.2, -0.15) is 0 Å². The molecule has 0 amide bonds. The highest BCUT2D eigenvalue weighted by molar-refractivity contribution is 6.01. The Morgan fingerprint density at radius 1 is 1.00 bits per heavy atom. The summed E-state index contributed by atoms with van der Waals surface area (Å²) in [5.74, 6) is 0.863. The highest BCUT2D eigenvalue weighted by Crippen LogP contribution is 2.32. The maximum Gasteiger partial charge on any atom is 0.341 e. The molecular weight excluding hydrogens is 232 g/mol. The Morgan fingerprint density at radius 2 is 1.78 bits per heavy atom. The summed E-state index contributed by atoms with van der Waals surface area (Å²) in [5, 5.41) is 1.79. The Kier molecular flexibility index (Phi) is 3.37. The summed E-state index contributed by atoms with van der Waals surface area (Å²) < 4.78 is 15.2. The lowest BCUT2D eigenvalue weighted by atomic mass is 10.0. The van der Waals surface area contributed by atoms with Gasteiger partial charge in [-0.05, 0) is 29.7 Å². The van der Waals surface area contributed by atoms with Crippen molar-refractivity contribution in [1.29, 1.82) is 0 Å². The molecule has 0 saturated heterocycles. The Hall–Kier alpha value is -2.23. The SMILES string of the molecule is COC(=O)c1ccc2cc(OC)ccc2c1OC. The van der Waals surface area contributed by atoms with Crippen LogP contribution in [0.1, 0.15) is 10.4 Å². The molecule has 2 aromatic rings. The first-order chi connectivity index (χ1) is 8.71. The summed E-state index contributed by atoms with van der Waals surface area (Å²) in [6.07, 6.45) is 0. The van der Waals surface area contributed by atoms with Gasteiger partial charge in [0.2, 0.25) is 0 Å². The minimum atomic E-state index is -0.412. The average Bonchev–Trinajstić information content (AvgIpc) is 2.44. The van der Waals surface area contributed by atoms with Crippen molar-refractivity contribution in [2.24, 2.45) is 0 Å². The predicted molar refractivity (Wildman–Crippen MR) is 68.4 cm³/mol. The number of fused-ring (bicyclic) bond motifs is 1. The highest BCUT2D eigenvalue weighted by Gasteiger charge is 2.15. The van der Waals surface area contributed by atoms with Crippen molar-refractivity contribution < 1.29 is 19.0 Å². The van der Waals surface area contributed by atoms with Crippen molar-refractivity contribution in [3.8, 4) is 11.5 Å². The second-order valence-corrected chi connectivity index (χ2v) is 3.73. The van der Waals surface area contributed by atoms with Gasteiger partial charge in [0.1, 0.15) is 17.1 Å². The zero-order chi connectivity index (χ0) is 13.1. The first-order valence-corrected chi connectivity index (χ1v) is 5.44. The third-order valence-electron chi connectivity index (χ3n) is 2.79. The molecule has 0 bridgehead atoms. The van der Waals surface area contributed by atoms with E-state index in [1.807, 2.05) is 24.3 Å². The number of methoxy groups -OCH3 is 3. The standard InChI is InChI=1S/C14H14O4/c1-16-10-5-7-11-9(8-10)4-6-12(13(11)17-2)14(15)18-3/h4-8H,1-3H3. The van der Waals surface area contributed by atoms with Gasteiger partial charge in [-0.1, -0.05) is 6.07 Å². The minimum Gasteiger partial charge on any atom is -0.497 e. The van der Waals surface area contributed by atoms with Gasteiger partial charge in [-0.15, -0.1) is 0 Å². The molecule has 0 fully saturated rings. The van der Waals surface area contributed by atoms with Gasteiger partial charge < -0.3 is 14.2 Å². The summed E-state index contributed by atoms with van der Waals surface area (Å²) >= 11 is 0. The van der Waals surface area contributed by atoms with Crippen LogP contribution in [0.25, 0.3) is 10.8 Å². The van der Waals surface area contributed by atoms with Crippen molar-refractivity contribution in [3.05, 3.63) is 35.9 Å². The molecule has 0 heterocycles. The number of benzene rings is 2. The van der Waals surface area contributed by atoms with E-state index < -0.39 is 5.97 Å². The number of hydrogen-bond donors (Lipinski definition) is 0. The molecule has 0 radical (unpaired) electrons. The van der Waals surface area contributed by atoms with E-state index in [1.54, 1.807) is 13.2 Å². The highest BCUT2D eigenvalue weighted by atomic mass is 16.5. The number of hydrogen-bond acceptors (Lipinski definition) is 4. The maximum absolute atomic E-state index is 11.6. The Bertz CT molecular complexity index is 590. The molecule has 0 saturated carbocycles. The van der Waals surface area contributed by atoms with Crippen LogP contribution in [0.2, 0.25) is 0 Å². The Balaban J connectivity index is 2.68. The molecule has 0 aliphatic carbocycles. The molecule has 0 spiro atoms. The number of carbonyl (C=O) groups excluding carboxylic acids is 1. The number of rotatable bonds is 3. The van der Waals surface area contributed by atoms with Crippen molar-refractivity contribution in [3.63, 3.8) is 0 Å². The van der Waals surface area contributed by atoms with Gasteiger partial charge in [0.15, 0.2) is 0 Å². The monoisotopic (exact) mass is 246 g/mol. The number of carbonyl (C=O) groups is 1. The summed E-state index contributed by atoms with van der Waals surface area (Å²) in [4.78, 5) is 11.6. The van der Waals surface area contributed by atoms with Crippen molar-refractivity contribution in [2.75, 3.05) is 21.3 Å². The fraction of sp³-hybridized carbons (Fsp3) is 0.214. The molecule has 18 heavy (non-hydrogen) atoms. The van der Waals surface area contributed by atoms with Crippen LogP contribution >= 0.6 is 0 Å². The van der Waals surface area contributed by atoms with Gasteiger partial charge >= 0.3 is 5.97 Å². The minimum absolute atomic E-state index is 0.412. The Labute approximate surface area is 105 Å². The molecule has 0 atom stereocenters. The van der Waals surface area contributed by atoms with E-state index in [0.717, 1.165) is 16.5 Å². The van der Waals surface area contributed by atoms with Gasteiger partial charge in [0, 0.05) is 5.39 Å². The summed E-state index contributed by atoms with van der Waals surface area (Å²) in [7, 11) is 4.49. The molecule has 2 rings (SSSR count). The molecule has 0 N–H and O–H groups in total. The van der Waals surface area contributed by atoms with Gasteiger partial charge in [-0.3, -0.25) is 0 Å². The summed E-state index contributed by atoms with van der Waals surface area (Å²) in [6.45, 7) is 0. The second-order valence-electron chi connectivity index (χ2n) is 3.73. The lowest BCUT2D eigenvalue weighted by Crippen LogP contribution is -2.04. The molecule has 2 aromatic carbocycles. The average molecular weight is 246 g/mol. The van der Waals surface area contributed by atoms with Crippen LogP contribution in [0.5, 0.6) is 11.5 Å². The molecule has 0 unspecified atom stereocenters. The fourth-order valence-corrected chi connectivity index (χ4v) is 1.90. The van der Waals surface area contributed by atoms with Crippen LogP contribution in [0.4, 0.5) is 0 Å². The van der Waals surface area contributed by atoms with Crippen molar-refractivity contribution in [2.45, 2.75) is 0 Å². The quantitative estimate of drug-likeness (QED) is 0.781. The Morgan fingerprint density at radius 3 is 2.39 bits per heavy atom. The zero-order valence-electron chi connectivity index (χ0n) is 10.5. The van der Waals surface area contributed by atoms with Crippen LogP contribution in [0.15, 0.2) is 30.3 Å². The number of ether oxygens (including phenoxy) is 3. The van der Waals surface area contributed by atoms with Crippen LogP contribution in [-0.4, -0.2) is 27.3 Å². The van der Waals surface area contributed by atoms with Gasteiger partial charge in [0.25, 0.3) is 0 Å². The lowest BCUT2D eigenvalue weighted by molar-refractivity contribution is 0.0597. The van der Waals surface area contributed by atoms with Gasteiger partial charge in [0.05, 0.1) is 21.3 Å². The molecular formula is C14H14O4. The van der Waals surface area contributed by atoms with Crippen molar-refractivity contribution >= 4 is 16.7 Å². The van der Waals surface area contributed by atoms with E-state index >= 15 is 0 Å². The summed E-state index contributed by atoms with van der Waals surface area (Å²) in [5.41, 5.74) is 0.415. The van der Waals surface area contributed by atoms with Crippen LogP contribution < -0.4 is 9.47 Å². The third kappa shape index (κ3) is 1.97. The van der Waals surface area contributed by atoms with E-state index in [2.05, 4.69) is 0 Å². The third-order valence-corrected chi connectivity index (χ3v) is 2.79. The smallest absolute Gasteiger partial charge is 0.341 e. The topological polar surface area (TPSA) is 44.8 Å². The zero-order valence-corrected chi connectivity index (χ0v) is 10.5. The largest absolute Gasteiger partial charge is 0.497 e. The normalized spacial score (nSPS) is 10.2. The predicted octanol–water partition coefficient (Wildman–Crippen LogP) is 2.64. The van der Waals surface area contributed by atoms with Crippen molar-refractivity contribution in [1.82, 2.24) is 0 Å². The molecule has 4 nitrogen and oxygen atoms in total. The van der Waals surface area contributed by atoms with Gasteiger partial charge in [-0.25, -0.2) is 4.79 Å². The first-order valence-electron chi connectivity index (χ1n) is 5.44. The van der Waals surface area contributed by atoms with E-state index in [-0.39, 0.29) is 0 Å². The van der Waals surface area contributed by atoms with E-state index in [0.29, 0.717) is 11.3 Å². The van der Waals surface area contributed by atoms with Crippen LogP contribution in [-0.2, 0) is 4.74 Å². The molecule has 0 aromatic heterocycles. The molecule has 0 aliphatic rings. The lowest BCUT2D eigenvalue weighted by Gasteiger charge is -2.11. The van der Waals surface area contributed by atoms with Crippen LogP contribution in [0.3, 0.4) is 0 Å². The first kappa shape index (κ1) is 12.2. The van der Waals surface area contributed by atoms with E-state index in [9.17, 15) is 4.79 Å². The number of esters is 1. The van der Waals surface area contributed by atoms with E-state index in [1.165, 1.54) is 14.2 Å². The molecule has 0 aliphatic heterocycles. The molecule has 94 valence electrons. The maximum atomic E-state index is 11.6. The second kappa shape index (κ2) is 4.96. The van der Waals surface area contributed by atoms with Crippen LogP contribution in [0, 0.1) is 0 Å². The van der Waals surface area contributed by atoms with E-state index in [4.69, 9.17) is 14.2 Å². The fourth-order valence-electron chi connectivity index (χ4n) is 1.90. The molecule has 4 heteroatoms. The summed E-state index contributed by atoms with van der Waals surface area (Å²) in [6, 6.07) is 9.10.